The number of amides is 1. The lowest BCUT2D eigenvalue weighted by molar-refractivity contribution is -0.130. The van der Waals surface area contributed by atoms with Crippen molar-refractivity contribution in [1.82, 2.24) is 19.4 Å². The van der Waals surface area contributed by atoms with E-state index in [1.165, 1.54) is 16.7 Å². The third-order valence-electron chi connectivity index (χ3n) is 8.88. The molecule has 2 aliphatic heterocycles. The summed E-state index contributed by atoms with van der Waals surface area (Å²) in [5.74, 6) is -6.80. The molecular formula is C34H33Cl2F3N6O3. The Labute approximate surface area is 285 Å². The maximum atomic E-state index is 15.5. The topological polar surface area (TPSA) is 106 Å². The second kappa shape index (κ2) is 12.9. The quantitative estimate of drug-likeness (QED) is 0.180. The molecule has 252 valence electrons. The predicted octanol–water partition coefficient (Wildman–Crippen LogP) is 6.69. The van der Waals surface area contributed by atoms with Gasteiger partial charge in [0.2, 0.25) is 5.91 Å². The minimum atomic E-state index is -1.69. The number of hydrogen-bond acceptors (Lipinski definition) is 7. The Morgan fingerprint density at radius 3 is 2.35 bits per heavy atom. The van der Waals surface area contributed by atoms with Crippen molar-refractivity contribution in [3.63, 3.8) is 0 Å². The zero-order valence-electron chi connectivity index (χ0n) is 27.1. The molecule has 3 atom stereocenters. The molecule has 9 nitrogen and oxygen atoms in total. The van der Waals surface area contributed by atoms with Crippen LogP contribution in [0.4, 0.5) is 18.9 Å². The molecule has 4 heterocycles. The zero-order chi connectivity index (χ0) is 35.5. The second-order valence-electron chi connectivity index (χ2n) is 12.4. The number of allylic oxidation sites excluding steroid dienone is 2. The molecule has 0 spiro atoms. The number of halogens is 5. The van der Waals surface area contributed by atoms with Crippen LogP contribution in [-0.2, 0) is 4.79 Å². The van der Waals surface area contributed by atoms with Crippen LogP contribution >= 0.6 is 23.2 Å². The van der Waals surface area contributed by atoms with Crippen LogP contribution in [-0.4, -0.2) is 68.6 Å². The summed E-state index contributed by atoms with van der Waals surface area (Å²) in [4.78, 5) is 37.2. The number of likely N-dealkylation sites (N-methyl/N-ethyl adjacent to an activating group) is 1. The molecule has 48 heavy (non-hydrogen) atoms. The van der Waals surface area contributed by atoms with Crippen molar-refractivity contribution in [3.05, 3.63) is 80.0 Å². The number of anilines is 1. The fourth-order valence-electron chi connectivity index (χ4n) is 6.90. The van der Waals surface area contributed by atoms with Gasteiger partial charge < -0.3 is 19.8 Å². The number of aromatic hydroxyl groups is 1. The molecule has 3 aromatic rings. The van der Waals surface area contributed by atoms with Gasteiger partial charge in [-0.05, 0) is 56.7 Å². The Hall–Kier alpha value is -4.47. The number of carbonyl (C=O) groups excluding carboxylic acids is 1. The number of hydrogen-bond donors (Lipinski definition) is 1. The maximum Gasteiger partial charge on any atom is 0.276 e. The first-order valence-corrected chi connectivity index (χ1v) is 15.9. The normalized spacial score (nSPS) is 19.8. The number of fused-ring (bicyclic) bond motifs is 1. The lowest BCUT2D eigenvalue weighted by Gasteiger charge is -2.45. The van der Waals surface area contributed by atoms with Gasteiger partial charge in [-0.1, -0.05) is 43.6 Å². The zero-order valence-corrected chi connectivity index (χ0v) is 28.6. The fraction of sp³-hybridized carbons (Fsp3) is 0.353. The monoisotopic (exact) mass is 700 g/mol. The summed E-state index contributed by atoms with van der Waals surface area (Å²) in [6.45, 7) is 13.4. The van der Waals surface area contributed by atoms with Crippen molar-refractivity contribution in [2.75, 3.05) is 25.0 Å². The third kappa shape index (κ3) is 5.39. The van der Waals surface area contributed by atoms with Crippen LogP contribution in [0.25, 0.3) is 28.0 Å². The number of piperazine rings is 1. The van der Waals surface area contributed by atoms with Crippen molar-refractivity contribution in [3.8, 4) is 23.1 Å². The largest absolute Gasteiger partial charge is 0.503 e. The van der Waals surface area contributed by atoms with Crippen LogP contribution in [0.1, 0.15) is 40.2 Å². The molecule has 1 aromatic carbocycles. The number of nitriles is 1. The Morgan fingerprint density at radius 2 is 1.79 bits per heavy atom. The second-order valence-corrected chi connectivity index (χ2v) is 13.2. The van der Waals surface area contributed by atoms with Crippen molar-refractivity contribution < 1.29 is 23.1 Å². The van der Waals surface area contributed by atoms with E-state index in [0.717, 1.165) is 0 Å². The number of carbonyl (C=O) groups is 1. The van der Waals surface area contributed by atoms with E-state index >= 15 is 8.78 Å². The average molecular weight is 702 g/mol. The van der Waals surface area contributed by atoms with E-state index in [1.807, 2.05) is 45.8 Å². The van der Waals surface area contributed by atoms with E-state index in [0.29, 0.717) is 11.3 Å². The molecule has 0 bridgehead atoms. The van der Waals surface area contributed by atoms with Gasteiger partial charge in [-0.2, -0.15) is 5.26 Å². The van der Waals surface area contributed by atoms with Gasteiger partial charge in [-0.25, -0.2) is 18.2 Å². The number of benzene rings is 1. The van der Waals surface area contributed by atoms with Crippen molar-refractivity contribution >= 4 is 51.5 Å². The van der Waals surface area contributed by atoms with Crippen molar-refractivity contribution in [2.45, 2.75) is 52.7 Å². The minimum absolute atomic E-state index is 0.0660. The molecule has 1 amide bonds. The Bertz CT molecular complexity index is 2010. The molecular weight excluding hydrogens is 668 g/mol. The molecule has 0 saturated carbocycles. The number of nitrogens with zero attached hydrogens (tertiary/aromatic N) is 6. The van der Waals surface area contributed by atoms with Crippen LogP contribution in [0.15, 0.2) is 41.4 Å². The summed E-state index contributed by atoms with van der Waals surface area (Å²) in [6.07, 6.45) is 4.87. The molecule has 0 unspecified atom stereocenters. The minimum Gasteiger partial charge on any atom is -0.503 e. The van der Waals surface area contributed by atoms with Crippen LogP contribution in [0.3, 0.4) is 0 Å². The van der Waals surface area contributed by atoms with Crippen LogP contribution in [0.5, 0.6) is 5.75 Å². The summed E-state index contributed by atoms with van der Waals surface area (Å²) in [5, 5.41) is 19.4. The highest BCUT2D eigenvalue weighted by Crippen LogP contribution is 2.43. The lowest BCUT2D eigenvalue weighted by atomic mass is 9.93. The molecule has 14 heteroatoms. The Kier molecular flexibility index (Phi) is 9.34. The van der Waals surface area contributed by atoms with Gasteiger partial charge in [-0.3, -0.25) is 14.2 Å². The van der Waals surface area contributed by atoms with E-state index in [2.05, 4.69) is 17.6 Å². The molecule has 0 radical (unpaired) electrons. The van der Waals surface area contributed by atoms with E-state index in [4.69, 9.17) is 23.2 Å². The van der Waals surface area contributed by atoms with E-state index < -0.39 is 51.1 Å². The molecule has 5 rings (SSSR count). The first kappa shape index (κ1) is 34.9. The Morgan fingerprint density at radius 1 is 1.17 bits per heavy atom. The first-order chi connectivity index (χ1) is 22.6. The molecule has 1 fully saturated rings. The van der Waals surface area contributed by atoms with Gasteiger partial charge >= 0.3 is 0 Å². The highest BCUT2D eigenvalue weighted by Gasteiger charge is 2.37. The Balaban J connectivity index is 1.94. The number of aromatic nitrogens is 2. The third-order valence-corrected chi connectivity index (χ3v) is 9.50. The molecule has 0 aliphatic carbocycles. The summed E-state index contributed by atoms with van der Waals surface area (Å²) >= 11 is 12.5. The van der Waals surface area contributed by atoms with E-state index in [9.17, 15) is 24.3 Å². The van der Waals surface area contributed by atoms with E-state index in [-0.39, 0.29) is 64.3 Å². The lowest BCUT2D eigenvalue weighted by Crippen LogP contribution is -2.58. The van der Waals surface area contributed by atoms with Gasteiger partial charge in [0, 0.05) is 37.6 Å². The fourth-order valence-corrected chi connectivity index (χ4v) is 7.33. The first-order valence-electron chi connectivity index (χ1n) is 15.1. The van der Waals surface area contributed by atoms with Crippen molar-refractivity contribution in [1.29, 1.82) is 5.26 Å². The number of pyridine rings is 2. The maximum absolute atomic E-state index is 15.5. The van der Waals surface area contributed by atoms with Crippen LogP contribution in [0, 0.1) is 34.7 Å². The molecule has 1 saturated heterocycles. The van der Waals surface area contributed by atoms with Crippen molar-refractivity contribution in [2.24, 2.45) is 5.92 Å². The van der Waals surface area contributed by atoms with Gasteiger partial charge in [0.25, 0.3) is 5.56 Å². The highest BCUT2D eigenvalue weighted by molar-refractivity contribution is 6.34. The SMILES string of the molecule is C=CC(=O)N1[C@H](C)CN(c2c(C#N)c(=O)n(C3=C(C)C=CN(C)[C@@H]3C(C)C)c3nc(-c4c(F)c(O)c(F)c(Cl)c4F)c(Cl)cc23)C[C@@H]1C. The number of rotatable bonds is 5. The van der Waals surface area contributed by atoms with E-state index in [1.54, 1.807) is 22.8 Å². The van der Waals surface area contributed by atoms with Gasteiger partial charge in [0.1, 0.15) is 22.3 Å². The number of phenolic OH excluding ortho intramolecular Hbond substituents is 1. The van der Waals surface area contributed by atoms with Gasteiger partial charge in [0.15, 0.2) is 23.2 Å². The summed E-state index contributed by atoms with van der Waals surface area (Å²) in [6, 6.07) is 2.26. The molecule has 2 aliphatic rings. The van der Waals surface area contributed by atoms with Crippen LogP contribution < -0.4 is 10.5 Å². The molecule has 2 aromatic heterocycles. The van der Waals surface area contributed by atoms with Gasteiger partial charge in [0.05, 0.1) is 33.7 Å². The predicted molar refractivity (Wildman–Crippen MR) is 180 cm³/mol. The molecule has 1 N–H and O–H groups in total. The smallest absolute Gasteiger partial charge is 0.276 e. The highest BCUT2D eigenvalue weighted by atomic mass is 35.5. The van der Waals surface area contributed by atoms with Crippen LogP contribution in [0.2, 0.25) is 10.0 Å². The summed E-state index contributed by atoms with van der Waals surface area (Å²) in [7, 11) is 1.83. The summed E-state index contributed by atoms with van der Waals surface area (Å²) in [5.41, 5.74) is -1.30. The average Bonchev–Trinajstić information content (AvgIpc) is 3.03. The number of phenols is 1. The van der Waals surface area contributed by atoms with Gasteiger partial charge in [-0.15, -0.1) is 0 Å². The standard InChI is InChI=1S/C34H33Cl2F3N6O3/c1-8-22(46)44-17(5)13-43(14-18(44)6)31-19-11-21(35)28(23-25(37)24(36)27(39)32(47)26(23)38)41-33(19)45(34(48)20(31)12-40)30-16(4)9-10-42(7)29(30)15(2)3/h8-11,15,17-18,29,47H,1,13-14H2,2-7H3/t17-,18+,29-/m1/s1. The summed E-state index contributed by atoms with van der Waals surface area (Å²) < 4.78 is 46.5.